The molecular formula is C20H23ClN2S. The summed E-state index contributed by atoms with van der Waals surface area (Å²) in [5.41, 5.74) is 3.40. The fourth-order valence-corrected chi connectivity index (χ4v) is 3.81. The van der Waals surface area contributed by atoms with Gasteiger partial charge in [-0.25, -0.2) is 0 Å². The molecule has 0 bridgehead atoms. The summed E-state index contributed by atoms with van der Waals surface area (Å²) in [6.45, 7) is 2.85. The minimum atomic E-state index is 0.491. The molecule has 0 atom stereocenters. The van der Waals surface area contributed by atoms with Gasteiger partial charge in [-0.1, -0.05) is 60.8 Å². The molecule has 2 nitrogen and oxygen atoms in total. The molecule has 24 heavy (non-hydrogen) atoms. The van der Waals surface area contributed by atoms with E-state index in [1.165, 1.54) is 31.2 Å². The van der Waals surface area contributed by atoms with E-state index in [0.29, 0.717) is 6.04 Å². The molecule has 1 N–H and O–H groups in total. The molecule has 4 heteroatoms. The van der Waals surface area contributed by atoms with Gasteiger partial charge in [0, 0.05) is 23.3 Å². The van der Waals surface area contributed by atoms with Crippen LogP contribution >= 0.6 is 23.8 Å². The fraction of sp³-hybridized carbons (Fsp3) is 0.350. The van der Waals surface area contributed by atoms with Crippen LogP contribution in [0.3, 0.4) is 0 Å². The molecular weight excluding hydrogens is 336 g/mol. The van der Waals surface area contributed by atoms with Crippen molar-refractivity contribution < 1.29 is 0 Å². The lowest BCUT2D eigenvalue weighted by Gasteiger charge is -2.32. The first-order valence-corrected chi connectivity index (χ1v) is 9.30. The van der Waals surface area contributed by atoms with Crippen LogP contribution in [0.2, 0.25) is 5.02 Å². The molecule has 0 heterocycles. The van der Waals surface area contributed by atoms with Crippen molar-refractivity contribution in [2.45, 2.75) is 45.2 Å². The Morgan fingerprint density at radius 1 is 1.12 bits per heavy atom. The minimum absolute atomic E-state index is 0.491. The van der Waals surface area contributed by atoms with Crippen molar-refractivity contribution in [3.63, 3.8) is 0 Å². The zero-order valence-corrected chi connectivity index (χ0v) is 15.5. The number of nitrogens with one attached hydrogen (secondary N) is 1. The average molecular weight is 359 g/mol. The van der Waals surface area contributed by atoms with E-state index in [1.807, 2.05) is 30.3 Å². The van der Waals surface area contributed by atoms with Crippen LogP contribution in [0.1, 0.15) is 36.8 Å². The third-order valence-electron chi connectivity index (χ3n) is 4.71. The quantitative estimate of drug-likeness (QED) is 0.696. The molecule has 1 fully saturated rings. The molecule has 3 rings (SSSR count). The average Bonchev–Trinajstić information content (AvgIpc) is 3.10. The van der Waals surface area contributed by atoms with Crippen molar-refractivity contribution in [1.29, 1.82) is 0 Å². The number of hydrogen-bond donors (Lipinski definition) is 1. The smallest absolute Gasteiger partial charge is 0.173 e. The molecule has 0 radical (unpaired) electrons. The van der Waals surface area contributed by atoms with Gasteiger partial charge in [0.05, 0.1) is 0 Å². The van der Waals surface area contributed by atoms with E-state index in [4.69, 9.17) is 23.8 Å². The van der Waals surface area contributed by atoms with E-state index >= 15 is 0 Å². The molecule has 0 aromatic heterocycles. The Morgan fingerprint density at radius 2 is 1.79 bits per heavy atom. The summed E-state index contributed by atoms with van der Waals surface area (Å²) in [5, 5.41) is 5.03. The van der Waals surface area contributed by atoms with E-state index < -0.39 is 0 Å². The van der Waals surface area contributed by atoms with Crippen LogP contribution in [0.4, 0.5) is 5.69 Å². The van der Waals surface area contributed by atoms with Gasteiger partial charge in [-0.15, -0.1) is 0 Å². The Morgan fingerprint density at radius 3 is 2.50 bits per heavy atom. The van der Waals surface area contributed by atoms with Gasteiger partial charge in [-0.2, -0.15) is 0 Å². The Kier molecular flexibility index (Phi) is 5.75. The second-order valence-corrected chi connectivity index (χ2v) is 7.20. The summed E-state index contributed by atoms with van der Waals surface area (Å²) in [7, 11) is 0. The van der Waals surface area contributed by atoms with Crippen molar-refractivity contribution in [2.24, 2.45) is 0 Å². The lowest BCUT2D eigenvalue weighted by atomic mass is 10.1. The van der Waals surface area contributed by atoms with Crippen LogP contribution < -0.4 is 5.32 Å². The van der Waals surface area contributed by atoms with Crippen LogP contribution in [-0.4, -0.2) is 16.1 Å². The highest BCUT2D eigenvalue weighted by Gasteiger charge is 2.25. The van der Waals surface area contributed by atoms with E-state index in [9.17, 15) is 0 Å². The topological polar surface area (TPSA) is 15.3 Å². The van der Waals surface area contributed by atoms with Gasteiger partial charge in [0.25, 0.3) is 0 Å². The molecule has 0 aliphatic heterocycles. The molecule has 2 aromatic carbocycles. The fourth-order valence-electron chi connectivity index (χ4n) is 3.29. The second kappa shape index (κ2) is 8.00. The molecule has 0 unspecified atom stereocenters. The predicted octanol–water partition coefficient (Wildman–Crippen LogP) is 5.79. The molecule has 1 aliphatic carbocycles. The summed E-state index contributed by atoms with van der Waals surface area (Å²) < 4.78 is 0. The van der Waals surface area contributed by atoms with Crippen molar-refractivity contribution >= 4 is 34.6 Å². The van der Waals surface area contributed by atoms with E-state index in [-0.39, 0.29) is 0 Å². The molecule has 0 amide bonds. The number of hydrogen-bond acceptors (Lipinski definition) is 1. The van der Waals surface area contributed by atoms with Crippen molar-refractivity contribution in [1.82, 2.24) is 4.90 Å². The van der Waals surface area contributed by atoms with E-state index in [2.05, 4.69) is 35.3 Å². The number of rotatable bonds is 4. The standard InChI is InChI=1S/C20H23ClN2S/c1-15-8-2-7-13-19(15)22-20(24)23(17-10-4-5-11-17)14-16-9-3-6-12-18(16)21/h2-3,6-9,12-13,17H,4-5,10-11,14H2,1H3,(H,22,24). The highest BCUT2D eigenvalue weighted by molar-refractivity contribution is 7.80. The van der Waals surface area contributed by atoms with Crippen molar-refractivity contribution in [3.05, 3.63) is 64.7 Å². The Bertz CT molecular complexity index is 710. The first kappa shape index (κ1) is 17.2. The Labute approximate surface area is 154 Å². The lowest BCUT2D eigenvalue weighted by Crippen LogP contribution is -2.41. The number of aryl methyl sites for hydroxylation is 1. The maximum atomic E-state index is 6.37. The number of anilines is 1. The molecule has 1 saturated carbocycles. The molecule has 0 spiro atoms. The van der Waals surface area contributed by atoms with E-state index in [0.717, 1.165) is 27.9 Å². The zero-order valence-electron chi connectivity index (χ0n) is 14.0. The first-order chi connectivity index (χ1) is 11.6. The third-order valence-corrected chi connectivity index (χ3v) is 5.42. The number of para-hydroxylation sites is 1. The van der Waals surface area contributed by atoms with Gasteiger partial charge >= 0.3 is 0 Å². The zero-order chi connectivity index (χ0) is 16.9. The molecule has 126 valence electrons. The summed E-state index contributed by atoms with van der Waals surface area (Å²) in [6.07, 6.45) is 4.94. The van der Waals surface area contributed by atoms with Crippen LogP contribution in [0.5, 0.6) is 0 Å². The van der Waals surface area contributed by atoms with Crippen molar-refractivity contribution in [2.75, 3.05) is 5.32 Å². The van der Waals surface area contributed by atoms with Gasteiger partial charge in [0.2, 0.25) is 0 Å². The van der Waals surface area contributed by atoms with Gasteiger partial charge < -0.3 is 10.2 Å². The highest BCUT2D eigenvalue weighted by atomic mass is 35.5. The summed E-state index contributed by atoms with van der Waals surface area (Å²) in [5.74, 6) is 0. The normalized spacial score (nSPS) is 14.6. The van der Waals surface area contributed by atoms with Crippen molar-refractivity contribution in [3.8, 4) is 0 Å². The molecule has 1 aliphatic rings. The largest absolute Gasteiger partial charge is 0.342 e. The van der Waals surface area contributed by atoms with Gasteiger partial charge in [-0.05, 0) is 55.2 Å². The van der Waals surface area contributed by atoms with Gasteiger partial charge in [-0.3, -0.25) is 0 Å². The number of benzene rings is 2. The van der Waals surface area contributed by atoms with Crippen LogP contribution in [0.15, 0.2) is 48.5 Å². The van der Waals surface area contributed by atoms with Crippen LogP contribution in [0.25, 0.3) is 0 Å². The first-order valence-electron chi connectivity index (χ1n) is 8.52. The highest BCUT2D eigenvalue weighted by Crippen LogP contribution is 2.28. The summed E-state index contributed by atoms with van der Waals surface area (Å²) in [4.78, 5) is 2.32. The SMILES string of the molecule is Cc1ccccc1NC(=S)N(Cc1ccccc1Cl)C1CCCC1. The number of thiocarbonyl (C=S) groups is 1. The summed E-state index contributed by atoms with van der Waals surface area (Å²) in [6, 6.07) is 16.8. The molecule has 2 aromatic rings. The Hall–Kier alpha value is -1.58. The van der Waals surface area contributed by atoms with Gasteiger partial charge in [0.1, 0.15) is 0 Å². The third kappa shape index (κ3) is 4.08. The maximum absolute atomic E-state index is 6.37. The van der Waals surface area contributed by atoms with Crippen LogP contribution in [0, 0.1) is 6.92 Å². The second-order valence-electron chi connectivity index (χ2n) is 6.40. The van der Waals surface area contributed by atoms with Gasteiger partial charge in [0.15, 0.2) is 5.11 Å². The minimum Gasteiger partial charge on any atom is -0.342 e. The monoisotopic (exact) mass is 358 g/mol. The lowest BCUT2D eigenvalue weighted by molar-refractivity contribution is 0.312. The predicted molar refractivity (Wildman–Crippen MR) is 107 cm³/mol. The Balaban J connectivity index is 1.80. The number of halogens is 1. The van der Waals surface area contributed by atoms with Crippen LogP contribution in [-0.2, 0) is 6.54 Å². The summed E-state index contributed by atoms with van der Waals surface area (Å²) >= 11 is 12.1. The van der Waals surface area contributed by atoms with E-state index in [1.54, 1.807) is 0 Å². The maximum Gasteiger partial charge on any atom is 0.173 e. The number of nitrogens with zero attached hydrogens (tertiary/aromatic N) is 1. The molecule has 0 saturated heterocycles.